The molecule has 7 heteroatoms. The Kier molecular flexibility index (Phi) is 5.39. The lowest BCUT2D eigenvalue weighted by Gasteiger charge is -2.10. The lowest BCUT2D eigenvalue weighted by atomic mass is 10.2. The smallest absolute Gasteiger partial charge is 0.346 e. The number of carbonyl (C=O) groups excluding carboxylic acids is 2. The van der Waals surface area contributed by atoms with E-state index in [1.165, 1.54) is 18.7 Å². The number of nitrogens with zero attached hydrogens (tertiary/aromatic N) is 2. The van der Waals surface area contributed by atoms with Gasteiger partial charge in [0.25, 0.3) is 0 Å². The van der Waals surface area contributed by atoms with Gasteiger partial charge in [-0.2, -0.15) is 5.10 Å². The van der Waals surface area contributed by atoms with Crippen molar-refractivity contribution in [2.24, 2.45) is 0 Å². The van der Waals surface area contributed by atoms with E-state index in [0.29, 0.717) is 12.2 Å². The molecule has 0 spiro atoms. The van der Waals surface area contributed by atoms with Crippen molar-refractivity contribution < 1.29 is 19.1 Å². The summed E-state index contributed by atoms with van der Waals surface area (Å²) in [4.78, 5) is 23.6. The maximum atomic E-state index is 12.2. The number of carbonyl (C=O) groups is 2. The van der Waals surface area contributed by atoms with Gasteiger partial charge < -0.3 is 9.47 Å². The first-order valence-corrected chi connectivity index (χ1v) is 7.37. The molecule has 1 atom stereocenters. The van der Waals surface area contributed by atoms with E-state index in [0.717, 1.165) is 5.56 Å². The molecule has 0 aliphatic carbocycles. The molecule has 0 amide bonds. The summed E-state index contributed by atoms with van der Waals surface area (Å²) in [6.07, 6.45) is -1.01. The molecule has 0 saturated heterocycles. The average molecular weight is 337 g/mol. The van der Waals surface area contributed by atoms with Crippen molar-refractivity contribution in [1.29, 1.82) is 0 Å². The summed E-state index contributed by atoms with van der Waals surface area (Å²) in [5, 5.41) is 4.44. The van der Waals surface area contributed by atoms with Crippen molar-refractivity contribution >= 4 is 23.5 Å². The Morgan fingerprint density at radius 3 is 2.57 bits per heavy atom. The molecule has 0 aliphatic heterocycles. The first-order valence-electron chi connectivity index (χ1n) is 6.99. The first kappa shape index (κ1) is 17.0. The summed E-state index contributed by atoms with van der Waals surface area (Å²) in [7, 11) is 1.22. The molecular formula is C16H17ClN2O4. The predicted molar refractivity (Wildman–Crippen MR) is 84.4 cm³/mol. The van der Waals surface area contributed by atoms with Crippen LogP contribution >= 0.6 is 11.6 Å². The highest BCUT2D eigenvalue weighted by molar-refractivity contribution is 6.32. The molecule has 23 heavy (non-hydrogen) atoms. The second kappa shape index (κ2) is 7.28. The number of aryl methyl sites for hydroxylation is 1. The topological polar surface area (TPSA) is 70.4 Å². The lowest BCUT2D eigenvalue weighted by Crippen LogP contribution is -2.25. The Morgan fingerprint density at radius 2 is 1.96 bits per heavy atom. The van der Waals surface area contributed by atoms with Gasteiger partial charge in [0.2, 0.25) is 0 Å². The van der Waals surface area contributed by atoms with Crippen LogP contribution in [-0.4, -0.2) is 34.9 Å². The fraction of sp³-hybridized carbons (Fsp3) is 0.312. The molecule has 1 heterocycles. The molecule has 0 saturated carbocycles. The van der Waals surface area contributed by atoms with Crippen LogP contribution in [0.25, 0.3) is 0 Å². The Labute approximate surface area is 139 Å². The van der Waals surface area contributed by atoms with Crippen LogP contribution in [0.1, 0.15) is 28.5 Å². The molecular weight excluding hydrogens is 320 g/mol. The van der Waals surface area contributed by atoms with Gasteiger partial charge in [0.15, 0.2) is 6.10 Å². The minimum Gasteiger partial charge on any atom is -0.466 e. The summed E-state index contributed by atoms with van der Waals surface area (Å²) in [6.45, 7) is 3.52. The molecule has 122 valence electrons. The van der Waals surface area contributed by atoms with Crippen LogP contribution in [0.5, 0.6) is 0 Å². The average Bonchev–Trinajstić information content (AvgIpc) is 2.81. The number of aromatic nitrogens is 2. The van der Waals surface area contributed by atoms with Crippen molar-refractivity contribution in [3.8, 4) is 0 Å². The summed E-state index contributed by atoms with van der Waals surface area (Å²) in [5.74, 6) is -1.34. The molecule has 0 radical (unpaired) electrons. The fourth-order valence-electron chi connectivity index (χ4n) is 2.08. The van der Waals surface area contributed by atoms with Gasteiger partial charge in [0.05, 0.1) is 19.3 Å². The molecule has 1 unspecified atom stereocenters. The van der Waals surface area contributed by atoms with Crippen LogP contribution in [0.4, 0.5) is 0 Å². The number of esters is 2. The van der Waals surface area contributed by atoms with Crippen LogP contribution in [0.2, 0.25) is 5.15 Å². The van der Waals surface area contributed by atoms with E-state index in [9.17, 15) is 9.59 Å². The molecule has 1 aromatic carbocycles. The van der Waals surface area contributed by atoms with Crippen molar-refractivity contribution in [2.75, 3.05) is 7.11 Å². The summed E-state index contributed by atoms with van der Waals surface area (Å²) < 4.78 is 11.1. The molecule has 0 N–H and O–H groups in total. The van der Waals surface area contributed by atoms with Crippen LogP contribution in [0.15, 0.2) is 30.3 Å². The zero-order chi connectivity index (χ0) is 17.0. The van der Waals surface area contributed by atoms with Gasteiger partial charge >= 0.3 is 11.9 Å². The van der Waals surface area contributed by atoms with E-state index in [-0.39, 0.29) is 10.7 Å². The first-order chi connectivity index (χ1) is 10.9. The molecule has 0 fully saturated rings. The van der Waals surface area contributed by atoms with Gasteiger partial charge in [-0.3, -0.25) is 0 Å². The molecule has 6 nitrogen and oxygen atoms in total. The lowest BCUT2D eigenvalue weighted by molar-refractivity contribution is -0.149. The number of halogens is 1. The van der Waals surface area contributed by atoms with Gasteiger partial charge in [-0.15, -0.1) is 0 Å². The van der Waals surface area contributed by atoms with Crippen molar-refractivity contribution in [3.05, 3.63) is 52.3 Å². The SMILES string of the molecule is COC(=O)C(C)OC(=O)c1c(C)nn(Cc2ccccc2)c1Cl. The molecule has 2 rings (SSSR count). The van der Waals surface area contributed by atoms with Crippen LogP contribution in [-0.2, 0) is 20.8 Å². The van der Waals surface area contributed by atoms with Gasteiger partial charge in [-0.25, -0.2) is 14.3 Å². The van der Waals surface area contributed by atoms with Gasteiger partial charge in [0.1, 0.15) is 10.7 Å². The maximum absolute atomic E-state index is 12.2. The zero-order valence-electron chi connectivity index (χ0n) is 13.1. The summed E-state index contributed by atoms with van der Waals surface area (Å²) >= 11 is 6.25. The van der Waals surface area contributed by atoms with Crippen molar-refractivity contribution in [1.82, 2.24) is 9.78 Å². The monoisotopic (exact) mass is 336 g/mol. The van der Waals surface area contributed by atoms with Gasteiger partial charge in [0, 0.05) is 0 Å². The molecule has 0 aliphatic rings. The van der Waals surface area contributed by atoms with E-state index in [1.807, 2.05) is 30.3 Å². The van der Waals surface area contributed by atoms with Crippen LogP contribution in [0.3, 0.4) is 0 Å². The number of ether oxygens (including phenoxy) is 2. The Hall–Kier alpha value is -2.34. The van der Waals surface area contributed by atoms with E-state index in [4.69, 9.17) is 16.3 Å². The van der Waals surface area contributed by atoms with Gasteiger partial charge in [-0.05, 0) is 19.4 Å². The molecule has 2 aromatic rings. The van der Waals surface area contributed by atoms with Crippen LogP contribution < -0.4 is 0 Å². The third-order valence-corrected chi connectivity index (χ3v) is 3.65. The Morgan fingerprint density at radius 1 is 1.30 bits per heavy atom. The van der Waals surface area contributed by atoms with Gasteiger partial charge in [-0.1, -0.05) is 41.9 Å². The second-order valence-electron chi connectivity index (χ2n) is 4.97. The third kappa shape index (κ3) is 3.90. The van der Waals surface area contributed by atoms with Crippen molar-refractivity contribution in [3.63, 3.8) is 0 Å². The number of benzene rings is 1. The summed E-state index contributed by atoms with van der Waals surface area (Å²) in [5.41, 5.74) is 1.59. The predicted octanol–water partition coefficient (Wildman–Crippen LogP) is 2.61. The number of rotatable bonds is 5. The van der Waals surface area contributed by atoms with E-state index in [1.54, 1.807) is 6.92 Å². The maximum Gasteiger partial charge on any atom is 0.346 e. The number of methoxy groups -OCH3 is 1. The fourth-order valence-corrected chi connectivity index (χ4v) is 2.39. The van der Waals surface area contributed by atoms with Crippen molar-refractivity contribution in [2.45, 2.75) is 26.5 Å². The standard InChI is InChI=1S/C16H17ClN2O4/c1-10-13(16(21)23-11(2)15(20)22-3)14(17)19(18-10)9-12-7-5-4-6-8-12/h4-8,11H,9H2,1-3H3. The third-order valence-electron chi connectivity index (χ3n) is 3.26. The van der Waals surface area contributed by atoms with Crippen LogP contribution in [0, 0.1) is 6.92 Å². The van der Waals surface area contributed by atoms with E-state index >= 15 is 0 Å². The number of hydrogen-bond acceptors (Lipinski definition) is 5. The highest BCUT2D eigenvalue weighted by Gasteiger charge is 2.26. The normalized spacial score (nSPS) is 11.8. The quantitative estimate of drug-likeness (QED) is 0.785. The van der Waals surface area contributed by atoms with E-state index in [2.05, 4.69) is 9.84 Å². The Bertz CT molecular complexity index is 712. The second-order valence-corrected chi connectivity index (χ2v) is 5.32. The number of hydrogen-bond donors (Lipinski definition) is 0. The highest BCUT2D eigenvalue weighted by atomic mass is 35.5. The minimum atomic E-state index is -1.01. The Balaban J connectivity index is 2.20. The largest absolute Gasteiger partial charge is 0.466 e. The highest BCUT2D eigenvalue weighted by Crippen LogP contribution is 2.22. The molecule has 1 aromatic heterocycles. The minimum absolute atomic E-state index is 0.151. The molecule has 0 bridgehead atoms. The zero-order valence-corrected chi connectivity index (χ0v) is 13.8. The van der Waals surface area contributed by atoms with E-state index < -0.39 is 18.0 Å². The summed E-state index contributed by atoms with van der Waals surface area (Å²) in [6, 6.07) is 9.60.